The predicted molar refractivity (Wildman–Crippen MR) is 79.9 cm³/mol. The van der Waals surface area contributed by atoms with Crippen LogP contribution in [0.25, 0.3) is 11.4 Å². The molecule has 2 nitrogen and oxygen atoms in total. The molecule has 1 heterocycles. The van der Waals surface area contributed by atoms with E-state index in [4.69, 9.17) is 0 Å². The second-order valence-electron chi connectivity index (χ2n) is 5.08. The first kappa shape index (κ1) is 13.9. The van der Waals surface area contributed by atoms with Gasteiger partial charge in [-0.25, -0.2) is 9.13 Å². The molecule has 0 saturated heterocycles. The highest BCUT2D eigenvalue weighted by molar-refractivity contribution is 5.52. The Kier molecular flexibility index (Phi) is 5.20. The van der Waals surface area contributed by atoms with Crippen LogP contribution in [0.2, 0.25) is 0 Å². The predicted octanol–water partition coefficient (Wildman–Crippen LogP) is 4.04. The molecule has 0 amide bonds. The molecule has 0 saturated carbocycles. The van der Waals surface area contributed by atoms with Crippen molar-refractivity contribution in [1.82, 2.24) is 4.57 Å². The third-order valence-corrected chi connectivity index (χ3v) is 3.51. The van der Waals surface area contributed by atoms with E-state index in [1.165, 1.54) is 37.1 Å². The van der Waals surface area contributed by atoms with Crippen LogP contribution < -0.4 is 4.57 Å². The zero-order valence-corrected chi connectivity index (χ0v) is 12.2. The van der Waals surface area contributed by atoms with Gasteiger partial charge in [-0.15, -0.1) is 0 Å². The number of nitrogens with zero attached hydrogens (tertiary/aromatic N) is 2. The minimum atomic E-state index is 1.11. The van der Waals surface area contributed by atoms with Gasteiger partial charge in [-0.05, 0) is 25.0 Å². The normalized spacial score (nSPS) is 10.8. The monoisotopic (exact) mass is 257 g/mol. The molecular weight excluding hydrogens is 232 g/mol. The van der Waals surface area contributed by atoms with Gasteiger partial charge in [0.15, 0.2) is 0 Å². The zero-order chi connectivity index (χ0) is 13.5. The minimum Gasteiger partial charge on any atom is -0.230 e. The van der Waals surface area contributed by atoms with E-state index < -0.39 is 0 Å². The highest BCUT2D eigenvalue weighted by Gasteiger charge is 2.18. The van der Waals surface area contributed by atoms with Gasteiger partial charge in [0.1, 0.15) is 12.4 Å². The topological polar surface area (TPSA) is 8.81 Å². The fourth-order valence-corrected chi connectivity index (χ4v) is 2.40. The number of benzene rings is 1. The largest absolute Gasteiger partial charge is 0.288 e. The highest BCUT2D eigenvalue weighted by Crippen LogP contribution is 2.16. The van der Waals surface area contributed by atoms with Crippen molar-refractivity contribution in [2.45, 2.75) is 52.6 Å². The third kappa shape index (κ3) is 3.46. The molecule has 0 bridgehead atoms. The molecule has 2 heteroatoms. The summed E-state index contributed by atoms with van der Waals surface area (Å²) in [5.41, 5.74) is 1.32. The minimum absolute atomic E-state index is 1.11. The van der Waals surface area contributed by atoms with Crippen LogP contribution in [0.1, 0.15) is 39.5 Å². The average molecular weight is 257 g/mol. The molecule has 0 aliphatic carbocycles. The van der Waals surface area contributed by atoms with Crippen molar-refractivity contribution in [2.75, 3.05) is 0 Å². The van der Waals surface area contributed by atoms with Crippen molar-refractivity contribution in [3.63, 3.8) is 0 Å². The molecule has 0 unspecified atom stereocenters. The summed E-state index contributed by atoms with van der Waals surface area (Å²) in [6.45, 7) is 6.72. The van der Waals surface area contributed by atoms with Gasteiger partial charge in [0.05, 0.1) is 18.7 Å². The number of aryl methyl sites for hydroxylation is 2. The molecule has 0 aliphatic heterocycles. The second-order valence-corrected chi connectivity index (χ2v) is 5.08. The summed E-state index contributed by atoms with van der Waals surface area (Å²) >= 11 is 0. The fraction of sp³-hybridized carbons (Fsp3) is 0.471. The molecule has 19 heavy (non-hydrogen) atoms. The van der Waals surface area contributed by atoms with Crippen LogP contribution in [-0.2, 0) is 13.1 Å². The van der Waals surface area contributed by atoms with Gasteiger partial charge in [0, 0.05) is 0 Å². The lowest BCUT2D eigenvalue weighted by atomic mass is 10.2. The van der Waals surface area contributed by atoms with E-state index in [0.29, 0.717) is 0 Å². The number of unbranched alkanes of at least 4 members (excludes halogenated alkanes) is 2. The maximum absolute atomic E-state index is 2.40. The van der Waals surface area contributed by atoms with Gasteiger partial charge in [0.2, 0.25) is 0 Å². The Hall–Kier alpha value is -1.57. The van der Waals surface area contributed by atoms with Crippen LogP contribution in [0.15, 0.2) is 42.7 Å². The van der Waals surface area contributed by atoms with Crippen LogP contribution in [0.5, 0.6) is 0 Å². The third-order valence-electron chi connectivity index (χ3n) is 3.51. The summed E-state index contributed by atoms with van der Waals surface area (Å²) in [5.74, 6) is 1.35. The molecule has 0 spiro atoms. The molecule has 2 aromatic rings. The SMILES string of the molecule is CCCCn1cc[n+](CCCC)c1-c1ccccc1. The Morgan fingerprint density at radius 2 is 1.74 bits per heavy atom. The summed E-state index contributed by atoms with van der Waals surface area (Å²) in [6.07, 6.45) is 9.41. The van der Waals surface area contributed by atoms with E-state index in [-0.39, 0.29) is 0 Å². The van der Waals surface area contributed by atoms with Crippen molar-refractivity contribution < 1.29 is 4.57 Å². The molecule has 0 radical (unpaired) electrons. The van der Waals surface area contributed by atoms with Crippen molar-refractivity contribution in [3.05, 3.63) is 42.7 Å². The summed E-state index contributed by atoms with van der Waals surface area (Å²) in [6, 6.07) is 10.7. The molecule has 102 valence electrons. The van der Waals surface area contributed by atoms with Gasteiger partial charge in [-0.3, -0.25) is 0 Å². The van der Waals surface area contributed by atoms with E-state index in [9.17, 15) is 0 Å². The van der Waals surface area contributed by atoms with Crippen molar-refractivity contribution in [1.29, 1.82) is 0 Å². The molecule has 0 fully saturated rings. The van der Waals surface area contributed by atoms with Crippen molar-refractivity contribution in [3.8, 4) is 11.4 Å². The maximum Gasteiger partial charge on any atom is 0.288 e. The van der Waals surface area contributed by atoms with Gasteiger partial charge >= 0.3 is 0 Å². The molecule has 1 aromatic carbocycles. The van der Waals surface area contributed by atoms with Crippen LogP contribution >= 0.6 is 0 Å². The van der Waals surface area contributed by atoms with E-state index in [2.05, 4.69) is 65.7 Å². The molecular formula is C17H25N2+. The number of hydrogen-bond acceptors (Lipinski definition) is 0. The molecule has 0 aliphatic rings. The highest BCUT2D eigenvalue weighted by atomic mass is 15.1. The van der Waals surface area contributed by atoms with Gasteiger partial charge < -0.3 is 0 Å². The molecule has 2 rings (SSSR count). The summed E-state index contributed by atoms with van der Waals surface area (Å²) < 4.78 is 4.79. The van der Waals surface area contributed by atoms with E-state index in [0.717, 1.165) is 13.1 Å². The van der Waals surface area contributed by atoms with Crippen LogP contribution in [0.4, 0.5) is 0 Å². The summed E-state index contributed by atoms with van der Waals surface area (Å²) in [4.78, 5) is 0. The zero-order valence-electron chi connectivity index (χ0n) is 12.2. The van der Waals surface area contributed by atoms with Gasteiger partial charge in [-0.2, -0.15) is 0 Å². The number of hydrogen-bond donors (Lipinski definition) is 0. The molecule has 1 aromatic heterocycles. The lowest BCUT2D eigenvalue weighted by molar-refractivity contribution is -0.686. The quantitative estimate of drug-likeness (QED) is 0.662. The Balaban J connectivity index is 2.32. The Morgan fingerprint density at radius 3 is 2.42 bits per heavy atom. The number of rotatable bonds is 7. The lowest BCUT2D eigenvalue weighted by Gasteiger charge is -2.05. The second kappa shape index (κ2) is 7.13. The van der Waals surface area contributed by atoms with E-state index in [1.807, 2.05) is 0 Å². The average Bonchev–Trinajstić information content (AvgIpc) is 2.86. The number of imidazole rings is 1. The molecule has 0 N–H and O–H groups in total. The fourth-order valence-electron chi connectivity index (χ4n) is 2.40. The number of aromatic nitrogens is 2. The summed E-state index contributed by atoms with van der Waals surface area (Å²) in [5, 5.41) is 0. The van der Waals surface area contributed by atoms with Gasteiger partial charge in [0.25, 0.3) is 5.82 Å². The van der Waals surface area contributed by atoms with E-state index >= 15 is 0 Å². The van der Waals surface area contributed by atoms with Crippen LogP contribution in [0, 0.1) is 0 Å². The van der Waals surface area contributed by atoms with Crippen LogP contribution in [-0.4, -0.2) is 4.57 Å². The maximum atomic E-state index is 2.40. The standard InChI is InChI=1S/C17H25N2/c1-3-5-12-18-14-15-19(13-6-4-2)17(18)16-10-8-7-9-11-16/h7-11,14-15H,3-6,12-13H2,1-2H3/q+1. The summed E-state index contributed by atoms with van der Waals surface area (Å²) in [7, 11) is 0. The molecule has 0 atom stereocenters. The van der Waals surface area contributed by atoms with Crippen molar-refractivity contribution in [2.24, 2.45) is 0 Å². The Bertz CT molecular complexity index is 460. The van der Waals surface area contributed by atoms with Crippen molar-refractivity contribution >= 4 is 0 Å². The first-order chi connectivity index (χ1) is 9.36. The smallest absolute Gasteiger partial charge is 0.230 e. The first-order valence-electron chi connectivity index (χ1n) is 7.50. The van der Waals surface area contributed by atoms with Crippen LogP contribution in [0.3, 0.4) is 0 Å². The van der Waals surface area contributed by atoms with Gasteiger partial charge in [-0.1, -0.05) is 44.9 Å². The Labute approximate surface area is 116 Å². The lowest BCUT2D eigenvalue weighted by Crippen LogP contribution is -2.34. The Morgan fingerprint density at radius 1 is 1.00 bits per heavy atom. The first-order valence-corrected chi connectivity index (χ1v) is 7.50. The van der Waals surface area contributed by atoms with E-state index in [1.54, 1.807) is 0 Å².